The highest BCUT2D eigenvalue weighted by atomic mass is 16.5. The Morgan fingerprint density at radius 2 is 2.05 bits per heavy atom. The molecule has 0 aliphatic carbocycles. The van der Waals surface area contributed by atoms with Gasteiger partial charge in [-0.25, -0.2) is 4.79 Å². The average Bonchev–Trinajstić information content (AvgIpc) is 2.44. The van der Waals surface area contributed by atoms with E-state index in [1.807, 2.05) is 0 Å². The summed E-state index contributed by atoms with van der Waals surface area (Å²) in [6.07, 6.45) is 2.58. The Balaban J connectivity index is 1.79. The van der Waals surface area contributed by atoms with E-state index in [4.69, 9.17) is 9.84 Å². The van der Waals surface area contributed by atoms with Crippen molar-refractivity contribution in [2.45, 2.75) is 32.7 Å². The van der Waals surface area contributed by atoms with Gasteiger partial charge in [-0.3, -0.25) is 4.90 Å². The maximum Gasteiger partial charge on any atom is 0.335 e. The standard InChI is InChI=1S/C16H23NO3/c1-12-4-3-9-17(13(12)2)10-11-20-15-7-5-14(6-8-15)16(18)19/h5-8,12-13H,3-4,9-11H2,1-2H3,(H,18,19). The Kier molecular flexibility index (Phi) is 5.01. The Bertz CT molecular complexity index is 444. The normalized spacial score (nSPS) is 23.5. The number of ether oxygens (including phenoxy) is 1. The summed E-state index contributed by atoms with van der Waals surface area (Å²) in [4.78, 5) is 13.2. The number of piperidine rings is 1. The lowest BCUT2D eigenvalue weighted by molar-refractivity contribution is 0.0697. The van der Waals surface area contributed by atoms with Gasteiger partial charge in [-0.15, -0.1) is 0 Å². The van der Waals surface area contributed by atoms with Crippen LogP contribution in [0, 0.1) is 5.92 Å². The van der Waals surface area contributed by atoms with Gasteiger partial charge < -0.3 is 9.84 Å². The highest BCUT2D eigenvalue weighted by molar-refractivity contribution is 5.87. The van der Waals surface area contributed by atoms with Crippen LogP contribution in [-0.4, -0.2) is 41.7 Å². The van der Waals surface area contributed by atoms with Crippen molar-refractivity contribution < 1.29 is 14.6 Å². The van der Waals surface area contributed by atoms with Crippen molar-refractivity contribution in [2.75, 3.05) is 19.7 Å². The van der Waals surface area contributed by atoms with E-state index in [2.05, 4.69) is 18.7 Å². The minimum atomic E-state index is -0.910. The van der Waals surface area contributed by atoms with Crippen LogP contribution in [0.2, 0.25) is 0 Å². The van der Waals surface area contributed by atoms with Crippen LogP contribution in [0.3, 0.4) is 0 Å². The number of likely N-dealkylation sites (tertiary alicyclic amines) is 1. The van der Waals surface area contributed by atoms with Gasteiger partial charge in [0.25, 0.3) is 0 Å². The number of hydrogen-bond acceptors (Lipinski definition) is 3. The lowest BCUT2D eigenvalue weighted by Gasteiger charge is -2.37. The number of hydrogen-bond donors (Lipinski definition) is 1. The molecule has 1 aromatic carbocycles. The molecule has 0 bridgehead atoms. The fourth-order valence-corrected chi connectivity index (χ4v) is 2.71. The molecule has 2 atom stereocenters. The molecule has 1 aromatic rings. The molecule has 4 nitrogen and oxygen atoms in total. The number of carboxylic acids is 1. The van der Waals surface area contributed by atoms with Gasteiger partial charge in [-0.05, 0) is 56.5 Å². The number of aromatic carboxylic acids is 1. The highest BCUT2D eigenvalue weighted by Gasteiger charge is 2.24. The summed E-state index contributed by atoms with van der Waals surface area (Å²) in [5, 5.41) is 8.83. The number of nitrogens with zero attached hydrogens (tertiary/aromatic N) is 1. The topological polar surface area (TPSA) is 49.8 Å². The van der Waals surface area contributed by atoms with Crippen LogP contribution in [-0.2, 0) is 0 Å². The summed E-state index contributed by atoms with van der Waals surface area (Å²) < 4.78 is 5.69. The fraction of sp³-hybridized carbons (Fsp3) is 0.562. The second-order valence-corrected chi connectivity index (χ2v) is 5.57. The van der Waals surface area contributed by atoms with Crippen molar-refractivity contribution in [2.24, 2.45) is 5.92 Å². The number of carboxylic acid groups (broad SMARTS) is 1. The fourth-order valence-electron chi connectivity index (χ4n) is 2.71. The Labute approximate surface area is 120 Å². The molecule has 110 valence electrons. The summed E-state index contributed by atoms with van der Waals surface area (Å²) in [5.41, 5.74) is 0.288. The van der Waals surface area contributed by atoms with E-state index in [0.29, 0.717) is 12.6 Å². The summed E-state index contributed by atoms with van der Waals surface area (Å²) >= 11 is 0. The summed E-state index contributed by atoms with van der Waals surface area (Å²) in [5.74, 6) is 0.569. The molecule has 0 amide bonds. The van der Waals surface area contributed by atoms with Gasteiger partial charge in [0.15, 0.2) is 0 Å². The molecular formula is C16H23NO3. The van der Waals surface area contributed by atoms with Gasteiger partial charge in [0.05, 0.1) is 5.56 Å². The first-order valence-corrected chi connectivity index (χ1v) is 7.28. The largest absolute Gasteiger partial charge is 0.492 e. The molecule has 1 aliphatic heterocycles. The van der Waals surface area contributed by atoms with Crippen molar-refractivity contribution in [3.05, 3.63) is 29.8 Å². The maximum absolute atomic E-state index is 10.8. The van der Waals surface area contributed by atoms with Crippen molar-refractivity contribution in [1.29, 1.82) is 0 Å². The maximum atomic E-state index is 10.8. The molecule has 1 fully saturated rings. The monoisotopic (exact) mass is 277 g/mol. The van der Waals surface area contributed by atoms with Gasteiger partial charge >= 0.3 is 5.97 Å². The molecule has 2 rings (SSSR count). The predicted molar refractivity (Wildman–Crippen MR) is 78.3 cm³/mol. The zero-order valence-corrected chi connectivity index (χ0v) is 12.2. The molecule has 1 heterocycles. The van der Waals surface area contributed by atoms with Crippen LogP contribution in [0.15, 0.2) is 24.3 Å². The first kappa shape index (κ1) is 14.9. The van der Waals surface area contributed by atoms with Crippen molar-refractivity contribution in [3.63, 3.8) is 0 Å². The van der Waals surface area contributed by atoms with Crippen molar-refractivity contribution in [3.8, 4) is 5.75 Å². The first-order chi connectivity index (χ1) is 9.58. The minimum Gasteiger partial charge on any atom is -0.492 e. The summed E-state index contributed by atoms with van der Waals surface area (Å²) in [6, 6.07) is 7.19. The van der Waals surface area contributed by atoms with E-state index < -0.39 is 5.97 Å². The third kappa shape index (κ3) is 3.73. The zero-order chi connectivity index (χ0) is 14.5. The highest BCUT2D eigenvalue weighted by Crippen LogP contribution is 2.22. The lowest BCUT2D eigenvalue weighted by Crippen LogP contribution is -2.44. The van der Waals surface area contributed by atoms with E-state index in [1.165, 1.54) is 12.8 Å². The van der Waals surface area contributed by atoms with Crippen LogP contribution in [0.25, 0.3) is 0 Å². The molecule has 1 saturated heterocycles. The second-order valence-electron chi connectivity index (χ2n) is 5.57. The number of rotatable bonds is 5. The Morgan fingerprint density at radius 3 is 2.70 bits per heavy atom. The SMILES string of the molecule is CC1CCCN(CCOc2ccc(C(=O)O)cc2)C1C. The molecule has 0 saturated carbocycles. The van der Waals surface area contributed by atoms with Crippen molar-refractivity contribution >= 4 is 5.97 Å². The predicted octanol–water partition coefficient (Wildman–Crippen LogP) is 2.88. The molecule has 1 N–H and O–H groups in total. The van der Waals surface area contributed by atoms with Crippen LogP contribution in [0.5, 0.6) is 5.75 Å². The van der Waals surface area contributed by atoms with E-state index in [-0.39, 0.29) is 5.56 Å². The average molecular weight is 277 g/mol. The van der Waals surface area contributed by atoms with Gasteiger partial charge in [-0.2, -0.15) is 0 Å². The second kappa shape index (κ2) is 6.75. The Morgan fingerprint density at radius 1 is 1.35 bits per heavy atom. The van der Waals surface area contributed by atoms with E-state index in [9.17, 15) is 4.79 Å². The summed E-state index contributed by atoms with van der Waals surface area (Å²) in [7, 11) is 0. The van der Waals surface area contributed by atoms with Gasteiger partial charge in [0.2, 0.25) is 0 Å². The zero-order valence-electron chi connectivity index (χ0n) is 12.2. The van der Waals surface area contributed by atoms with Crippen LogP contribution >= 0.6 is 0 Å². The molecule has 1 aliphatic rings. The number of carbonyl (C=O) groups is 1. The minimum absolute atomic E-state index is 0.288. The van der Waals surface area contributed by atoms with Crippen LogP contribution in [0.4, 0.5) is 0 Å². The molecule has 0 spiro atoms. The van der Waals surface area contributed by atoms with Gasteiger partial charge in [0.1, 0.15) is 12.4 Å². The number of benzene rings is 1. The lowest BCUT2D eigenvalue weighted by atomic mass is 9.92. The van der Waals surface area contributed by atoms with E-state index in [1.54, 1.807) is 24.3 Å². The molecule has 2 unspecified atom stereocenters. The van der Waals surface area contributed by atoms with Crippen LogP contribution in [0.1, 0.15) is 37.0 Å². The Hall–Kier alpha value is -1.55. The molecule has 4 heteroatoms. The third-order valence-electron chi connectivity index (χ3n) is 4.25. The molecule has 0 aromatic heterocycles. The summed E-state index contributed by atoms with van der Waals surface area (Å²) in [6.45, 7) is 7.30. The van der Waals surface area contributed by atoms with Gasteiger partial charge in [0, 0.05) is 12.6 Å². The quantitative estimate of drug-likeness (QED) is 0.899. The molecule has 20 heavy (non-hydrogen) atoms. The molecular weight excluding hydrogens is 254 g/mol. The van der Waals surface area contributed by atoms with E-state index >= 15 is 0 Å². The van der Waals surface area contributed by atoms with Crippen LogP contribution < -0.4 is 4.74 Å². The van der Waals surface area contributed by atoms with Gasteiger partial charge in [-0.1, -0.05) is 6.92 Å². The first-order valence-electron chi connectivity index (χ1n) is 7.28. The van der Waals surface area contributed by atoms with E-state index in [0.717, 1.165) is 24.8 Å². The smallest absolute Gasteiger partial charge is 0.335 e. The third-order valence-corrected chi connectivity index (χ3v) is 4.25. The molecule has 0 radical (unpaired) electrons. The van der Waals surface area contributed by atoms with Crippen molar-refractivity contribution in [1.82, 2.24) is 4.90 Å².